The highest BCUT2D eigenvalue weighted by atomic mass is 16.5. The van der Waals surface area contributed by atoms with E-state index in [1.165, 1.54) is 4.90 Å². The zero-order chi connectivity index (χ0) is 20.8. The van der Waals surface area contributed by atoms with E-state index in [0.717, 1.165) is 33.4 Å². The standard InChI is InChI=1S/C22H21N5O3/c1-13-17-9-16(4-3-14(17)6-8-27(13)22(28)29)30-20-5-7-23-21-18(20)10-19(25-21)15-11-24-26(2)12-15/h3-5,7,9-13H,6,8H2,1-2H3,(H,23,25)(H,28,29)/t13-/m0/s1. The summed E-state index contributed by atoms with van der Waals surface area (Å²) in [7, 11) is 1.88. The minimum Gasteiger partial charge on any atom is -0.465 e. The van der Waals surface area contributed by atoms with Crippen molar-refractivity contribution in [1.29, 1.82) is 0 Å². The number of aryl methyl sites for hydroxylation is 1. The molecule has 2 N–H and O–H groups in total. The van der Waals surface area contributed by atoms with E-state index >= 15 is 0 Å². The van der Waals surface area contributed by atoms with Crippen LogP contribution in [0.4, 0.5) is 4.79 Å². The lowest BCUT2D eigenvalue weighted by Crippen LogP contribution is -2.37. The number of rotatable bonds is 3. The van der Waals surface area contributed by atoms with Gasteiger partial charge < -0.3 is 19.7 Å². The Kier molecular flexibility index (Phi) is 4.20. The highest BCUT2D eigenvalue weighted by Crippen LogP contribution is 2.36. The van der Waals surface area contributed by atoms with Crippen molar-refractivity contribution in [2.24, 2.45) is 7.05 Å². The fraction of sp³-hybridized carbons (Fsp3) is 0.227. The smallest absolute Gasteiger partial charge is 0.407 e. The van der Waals surface area contributed by atoms with Crippen LogP contribution in [0.3, 0.4) is 0 Å². The van der Waals surface area contributed by atoms with Crippen LogP contribution in [0.2, 0.25) is 0 Å². The maximum Gasteiger partial charge on any atom is 0.407 e. The van der Waals surface area contributed by atoms with E-state index in [0.29, 0.717) is 24.5 Å². The maximum absolute atomic E-state index is 11.5. The van der Waals surface area contributed by atoms with E-state index in [1.807, 2.05) is 50.5 Å². The van der Waals surface area contributed by atoms with Crippen LogP contribution in [0.5, 0.6) is 11.5 Å². The summed E-state index contributed by atoms with van der Waals surface area (Å²) in [5, 5.41) is 14.5. The highest BCUT2D eigenvalue weighted by Gasteiger charge is 2.27. The van der Waals surface area contributed by atoms with Crippen LogP contribution in [0.15, 0.2) is 48.9 Å². The second kappa shape index (κ2) is 6.91. The molecule has 1 atom stereocenters. The van der Waals surface area contributed by atoms with Crippen molar-refractivity contribution in [3.8, 4) is 22.8 Å². The molecule has 3 aromatic heterocycles. The number of aromatic nitrogens is 4. The van der Waals surface area contributed by atoms with Crippen LogP contribution in [-0.2, 0) is 13.5 Å². The molecule has 0 bridgehead atoms. The second-order valence-electron chi connectivity index (χ2n) is 7.52. The van der Waals surface area contributed by atoms with Crippen LogP contribution in [0.1, 0.15) is 24.1 Å². The van der Waals surface area contributed by atoms with Gasteiger partial charge in [-0.3, -0.25) is 4.68 Å². The number of hydrogen-bond donors (Lipinski definition) is 2. The summed E-state index contributed by atoms with van der Waals surface area (Å²) in [6, 6.07) is 9.52. The Bertz CT molecular complexity index is 1260. The summed E-state index contributed by atoms with van der Waals surface area (Å²) < 4.78 is 7.96. The summed E-state index contributed by atoms with van der Waals surface area (Å²) in [6.07, 6.45) is 5.24. The monoisotopic (exact) mass is 403 g/mol. The van der Waals surface area contributed by atoms with Gasteiger partial charge >= 0.3 is 6.09 Å². The Morgan fingerprint density at radius 2 is 2.17 bits per heavy atom. The van der Waals surface area contributed by atoms with E-state index in [1.54, 1.807) is 17.1 Å². The summed E-state index contributed by atoms with van der Waals surface area (Å²) in [4.78, 5) is 20.7. The average molecular weight is 403 g/mol. The van der Waals surface area contributed by atoms with Gasteiger partial charge in [-0.1, -0.05) is 6.07 Å². The molecular formula is C22H21N5O3. The molecular weight excluding hydrogens is 382 g/mol. The number of carbonyl (C=O) groups is 1. The number of hydrogen-bond acceptors (Lipinski definition) is 4. The van der Waals surface area contributed by atoms with Gasteiger partial charge in [0.1, 0.15) is 17.1 Å². The molecule has 1 aliphatic heterocycles. The number of H-pyrrole nitrogens is 1. The third kappa shape index (κ3) is 3.06. The molecule has 0 saturated carbocycles. The lowest BCUT2D eigenvalue weighted by molar-refractivity contribution is 0.124. The number of ether oxygens (including phenoxy) is 1. The largest absolute Gasteiger partial charge is 0.465 e. The molecule has 4 aromatic rings. The number of aromatic amines is 1. The van der Waals surface area contributed by atoms with Crippen molar-refractivity contribution in [3.05, 3.63) is 60.0 Å². The molecule has 8 nitrogen and oxygen atoms in total. The predicted molar refractivity (Wildman–Crippen MR) is 112 cm³/mol. The van der Waals surface area contributed by atoms with Crippen LogP contribution < -0.4 is 4.74 Å². The molecule has 0 aliphatic carbocycles. The molecule has 1 aliphatic rings. The molecule has 8 heteroatoms. The van der Waals surface area contributed by atoms with Gasteiger partial charge in [-0.15, -0.1) is 0 Å². The van der Waals surface area contributed by atoms with Gasteiger partial charge in [0.25, 0.3) is 0 Å². The molecule has 152 valence electrons. The van der Waals surface area contributed by atoms with Gasteiger partial charge in [-0.05, 0) is 48.7 Å². The Balaban J connectivity index is 1.49. The Hall–Kier alpha value is -3.81. The number of nitrogens with zero attached hydrogens (tertiary/aromatic N) is 4. The number of amides is 1. The summed E-state index contributed by atoms with van der Waals surface area (Å²) in [6.45, 7) is 2.42. The molecule has 0 radical (unpaired) electrons. The first-order chi connectivity index (χ1) is 14.5. The van der Waals surface area contributed by atoms with Gasteiger partial charge in [0, 0.05) is 31.5 Å². The molecule has 1 aromatic carbocycles. The minimum absolute atomic E-state index is 0.211. The zero-order valence-electron chi connectivity index (χ0n) is 16.7. The fourth-order valence-corrected chi connectivity index (χ4v) is 4.05. The SMILES string of the molecule is C[C@H]1c2cc(Oc3ccnc4[nH]c(-c5cnn(C)c5)cc34)ccc2CCN1C(=O)O. The molecule has 1 amide bonds. The first-order valence-electron chi connectivity index (χ1n) is 9.76. The van der Waals surface area contributed by atoms with E-state index in [-0.39, 0.29) is 6.04 Å². The van der Waals surface area contributed by atoms with Crippen molar-refractivity contribution in [1.82, 2.24) is 24.6 Å². The first kappa shape index (κ1) is 18.2. The van der Waals surface area contributed by atoms with Gasteiger partial charge in [0.2, 0.25) is 0 Å². The van der Waals surface area contributed by atoms with Crippen LogP contribution in [-0.4, -0.2) is 42.4 Å². The Labute approximate surface area is 172 Å². The van der Waals surface area contributed by atoms with Crippen molar-refractivity contribution in [3.63, 3.8) is 0 Å². The summed E-state index contributed by atoms with van der Waals surface area (Å²) in [5.74, 6) is 1.36. The van der Waals surface area contributed by atoms with Crippen molar-refractivity contribution in [2.45, 2.75) is 19.4 Å². The molecule has 0 fully saturated rings. The average Bonchev–Trinajstić information content (AvgIpc) is 3.35. The van der Waals surface area contributed by atoms with Gasteiger partial charge in [0.15, 0.2) is 0 Å². The fourth-order valence-electron chi connectivity index (χ4n) is 4.05. The molecule has 0 unspecified atom stereocenters. The summed E-state index contributed by atoms with van der Waals surface area (Å²) in [5.41, 5.74) is 4.76. The number of nitrogens with one attached hydrogen (secondary N) is 1. The predicted octanol–water partition coefficient (Wildman–Crippen LogP) is 4.35. The summed E-state index contributed by atoms with van der Waals surface area (Å²) >= 11 is 0. The minimum atomic E-state index is -0.898. The van der Waals surface area contributed by atoms with Crippen LogP contribution >= 0.6 is 0 Å². The number of carboxylic acid groups (broad SMARTS) is 1. The van der Waals surface area contributed by atoms with E-state index in [4.69, 9.17) is 4.74 Å². The third-order valence-corrected chi connectivity index (χ3v) is 5.64. The zero-order valence-corrected chi connectivity index (χ0v) is 16.7. The third-order valence-electron chi connectivity index (χ3n) is 5.64. The van der Waals surface area contributed by atoms with Crippen molar-refractivity contribution < 1.29 is 14.6 Å². The number of pyridine rings is 1. The second-order valence-corrected chi connectivity index (χ2v) is 7.52. The molecule has 30 heavy (non-hydrogen) atoms. The topological polar surface area (TPSA) is 96.3 Å². The van der Waals surface area contributed by atoms with Gasteiger partial charge in [-0.2, -0.15) is 5.10 Å². The Morgan fingerprint density at radius 3 is 2.93 bits per heavy atom. The van der Waals surface area contributed by atoms with E-state index in [9.17, 15) is 9.90 Å². The molecule has 0 saturated heterocycles. The first-order valence-corrected chi connectivity index (χ1v) is 9.76. The lowest BCUT2D eigenvalue weighted by atomic mass is 9.93. The van der Waals surface area contributed by atoms with Crippen molar-refractivity contribution in [2.75, 3.05) is 6.54 Å². The lowest BCUT2D eigenvalue weighted by Gasteiger charge is -2.33. The number of fused-ring (bicyclic) bond motifs is 2. The van der Waals surface area contributed by atoms with Crippen LogP contribution in [0.25, 0.3) is 22.3 Å². The molecule has 5 rings (SSSR count). The van der Waals surface area contributed by atoms with Crippen molar-refractivity contribution >= 4 is 17.1 Å². The van der Waals surface area contributed by atoms with Gasteiger partial charge in [0.05, 0.1) is 23.3 Å². The van der Waals surface area contributed by atoms with E-state index in [2.05, 4.69) is 15.1 Å². The van der Waals surface area contributed by atoms with Crippen LogP contribution in [0, 0.1) is 0 Å². The Morgan fingerprint density at radius 1 is 1.30 bits per heavy atom. The quantitative estimate of drug-likeness (QED) is 0.530. The highest BCUT2D eigenvalue weighted by molar-refractivity contribution is 5.88. The maximum atomic E-state index is 11.5. The van der Waals surface area contributed by atoms with Gasteiger partial charge in [-0.25, -0.2) is 9.78 Å². The molecule has 4 heterocycles. The van der Waals surface area contributed by atoms with E-state index < -0.39 is 6.09 Å². The molecule has 0 spiro atoms. The number of benzene rings is 1. The normalized spacial score (nSPS) is 15.9.